The number of ether oxygens (including phenoxy) is 1. The van der Waals surface area contributed by atoms with Gasteiger partial charge in [-0.3, -0.25) is 4.79 Å². The molecular weight excluding hydrogens is 370 g/mol. The maximum atomic E-state index is 12.8. The number of hydrogen-bond acceptors (Lipinski definition) is 2. The van der Waals surface area contributed by atoms with Gasteiger partial charge >= 0.3 is 5.97 Å². The van der Waals surface area contributed by atoms with Crippen molar-refractivity contribution in [1.82, 2.24) is 4.57 Å². The lowest BCUT2D eigenvalue weighted by atomic mass is 9.88. The van der Waals surface area contributed by atoms with Crippen LogP contribution in [0.2, 0.25) is 0 Å². The van der Waals surface area contributed by atoms with Crippen LogP contribution in [0.3, 0.4) is 0 Å². The van der Waals surface area contributed by atoms with Crippen molar-refractivity contribution in [1.29, 1.82) is 0 Å². The molecule has 3 nitrogen and oxygen atoms in total. The number of nitrogens with zero attached hydrogens (tertiary/aromatic N) is 1. The van der Waals surface area contributed by atoms with E-state index in [2.05, 4.69) is 64.2 Å². The summed E-state index contributed by atoms with van der Waals surface area (Å²) in [5.74, 6) is -0.242. The summed E-state index contributed by atoms with van der Waals surface area (Å²) in [5, 5.41) is 0. The lowest BCUT2D eigenvalue weighted by Crippen LogP contribution is -2.21. The maximum absolute atomic E-state index is 12.8. The van der Waals surface area contributed by atoms with Gasteiger partial charge in [-0.2, -0.15) is 0 Å². The average molecular weight is 404 g/mol. The number of esters is 1. The zero-order valence-corrected chi connectivity index (χ0v) is 18.6. The minimum absolute atomic E-state index is 0.171. The summed E-state index contributed by atoms with van der Waals surface area (Å²) in [4.78, 5) is 12.8. The molecule has 0 spiro atoms. The third-order valence-corrected chi connectivity index (χ3v) is 5.49. The smallest absolute Gasteiger partial charge is 0.315 e. The molecule has 3 heteroatoms. The van der Waals surface area contributed by atoms with Crippen molar-refractivity contribution in [2.75, 3.05) is 0 Å². The Morgan fingerprint density at radius 2 is 1.60 bits per heavy atom. The molecule has 0 aliphatic carbocycles. The SMILES string of the molecule is CCCc1ccc(Cc2ccn(COC(=O)C(c3ccc(C)cc3)C(C)C)c2)cc1. The Morgan fingerprint density at radius 1 is 0.933 bits per heavy atom. The van der Waals surface area contributed by atoms with Gasteiger partial charge in [0.1, 0.15) is 0 Å². The van der Waals surface area contributed by atoms with Crippen LogP contribution < -0.4 is 0 Å². The largest absolute Gasteiger partial charge is 0.443 e. The first-order chi connectivity index (χ1) is 14.5. The lowest BCUT2D eigenvalue weighted by Gasteiger charge is -2.20. The zero-order valence-electron chi connectivity index (χ0n) is 18.6. The van der Waals surface area contributed by atoms with Crippen molar-refractivity contribution in [2.45, 2.75) is 59.6 Å². The molecule has 0 amide bonds. The first-order valence-corrected chi connectivity index (χ1v) is 10.9. The van der Waals surface area contributed by atoms with E-state index in [0.29, 0.717) is 0 Å². The van der Waals surface area contributed by atoms with Gasteiger partial charge in [0.25, 0.3) is 0 Å². The number of rotatable bonds is 9. The van der Waals surface area contributed by atoms with Gasteiger partial charge in [0, 0.05) is 12.4 Å². The third kappa shape index (κ3) is 5.85. The highest BCUT2D eigenvalue weighted by atomic mass is 16.5. The normalized spacial score (nSPS) is 12.2. The number of aromatic nitrogens is 1. The van der Waals surface area contributed by atoms with Gasteiger partial charge in [0.2, 0.25) is 0 Å². The van der Waals surface area contributed by atoms with E-state index in [0.717, 1.165) is 18.4 Å². The van der Waals surface area contributed by atoms with E-state index in [9.17, 15) is 4.79 Å². The van der Waals surface area contributed by atoms with Crippen molar-refractivity contribution in [2.24, 2.45) is 5.92 Å². The molecule has 158 valence electrons. The second-order valence-corrected chi connectivity index (χ2v) is 8.50. The molecule has 0 bridgehead atoms. The summed E-state index contributed by atoms with van der Waals surface area (Å²) in [7, 11) is 0. The van der Waals surface area contributed by atoms with Crippen LogP contribution >= 0.6 is 0 Å². The summed E-state index contributed by atoms with van der Waals surface area (Å²) < 4.78 is 7.60. The summed E-state index contributed by atoms with van der Waals surface area (Å²) in [6.45, 7) is 8.61. The average Bonchev–Trinajstić information content (AvgIpc) is 3.17. The Kier molecular flexibility index (Phi) is 7.51. The van der Waals surface area contributed by atoms with E-state index in [1.165, 1.54) is 28.7 Å². The van der Waals surface area contributed by atoms with Crippen LogP contribution in [0.1, 0.15) is 60.9 Å². The molecule has 0 radical (unpaired) electrons. The highest BCUT2D eigenvalue weighted by molar-refractivity contribution is 5.78. The number of carbonyl (C=O) groups excluding carboxylic acids is 1. The van der Waals surface area contributed by atoms with E-state index < -0.39 is 0 Å². The molecule has 0 aliphatic rings. The maximum Gasteiger partial charge on any atom is 0.315 e. The molecule has 1 atom stereocenters. The number of aryl methyl sites for hydroxylation is 2. The third-order valence-electron chi connectivity index (χ3n) is 5.49. The molecule has 0 aliphatic heterocycles. The van der Waals surface area contributed by atoms with Gasteiger partial charge in [0.05, 0.1) is 5.92 Å². The van der Waals surface area contributed by atoms with E-state index in [4.69, 9.17) is 4.74 Å². The monoisotopic (exact) mass is 403 g/mol. The minimum atomic E-state index is -0.248. The standard InChI is InChI=1S/C27H33NO2/c1-5-6-22-9-11-23(12-10-22)17-24-15-16-28(18-24)19-30-27(29)26(20(2)3)25-13-7-21(4)8-14-25/h7-16,18,20,26H,5-6,17,19H2,1-4H3. The Hall–Kier alpha value is -2.81. The molecule has 3 aromatic rings. The molecule has 3 rings (SSSR count). The van der Waals surface area contributed by atoms with Crippen LogP contribution in [0.5, 0.6) is 0 Å². The number of carbonyl (C=O) groups is 1. The van der Waals surface area contributed by atoms with Crippen molar-refractivity contribution >= 4 is 5.97 Å². The van der Waals surface area contributed by atoms with Gasteiger partial charge in [0.15, 0.2) is 6.73 Å². The highest BCUT2D eigenvalue weighted by Crippen LogP contribution is 2.26. The lowest BCUT2D eigenvalue weighted by molar-refractivity contribution is -0.150. The molecule has 30 heavy (non-hydrogen) atoms. The molecule has 1 aromatic heterocycles. The van der Waals surface area contributed by atoms with Crippen LogP contribution in [0, 0.1) is 12.8 Å². The fourth-order valence-electron chi connectivity index (χ4n) is 3.82. The molecular formula is C27H33NO2. The first kappa shape index (κ1) is 21.9. The molecule has 0 saturated carbocycles. The Morgan fingerprint density at radius 3 is 2.23 bits per heavy atom. The van der Waals surface area contributed by atoms with E-state index in [1.807, 2.05) is 35.0 Å². The molecule has 1 heterocycles. The number of hydrogen-bond donors (Lipinski definition) is 0. The second kappa shape index (κ2) is 10.3. The van der Waals surface area contributed by atoms with E-state index in [1.54, 1.807) is 0 Å². The Balaban J connectivity index is 1.58. The van der Waals surface area contributed by atoms with Crippen LogP contribution in [0.25, 0.3) is 0 Å². The Bertz CT molecular complexity index is 936. The van der Waals surface area contributed by atoms with Crippen molar-refractivity contribution in [3.05, 3.63) is 94.8 Å². The molecule has 0 fully saturated rings. The summed E-state index contributed by atoms with van der Waals surface area (Å²) in [6.07, 6.45) is 7.21. The first-order valence-electron chi connectivity index (χ1n) is 10.9. The van der Waals surface area contributed by atoms with Gasteiger partial charge in [-0.15, -0.1) is 0 Å². The topological polar surface area (TPSA) is 31.2 Å². The van der Waals surface area contributed by atoms with Crippen molar-refractivity contribution in [3.8, 4) is 0 Å². The summed E-state index contributed by atoms with van der Waals surface area (Å²) in [5.41, 5.74) is 6.10. The van der Waals surface area contributed by atoms with Crippen molar-refractivity contribution in [3.63, 3.8) is 0 Å². The second-order valence-electron chi connectivity index (χ2n) is 8.50. The Labute approximate surface area is 180 Å². The number of benzene rings is 2. The highest BCUT2D eigenvalue weighted by Gasteiger charge is 2.25. The predicted molar refractivity (Wildman–Crippen MR) is 123 cm³/mol. The summed E-state index contributed by atoms with van der Waals surface area (Å²) in [6, 6.07) is 19.1. The quantitative estimate of drug-likeness (QED) is 0.394. The fraction of sp³-hybridized carbons (Fsp3) is 0.370. The predicted octanol–water partition coefficient (Wildman–Crippen LogP) is 6.28. The van der Waals surface area contributed by atoms with Crippen LogP contribution in [-0.2, 0) is 29.1 Å². The van der Waals surface area contributed by atoms with Crippen LogP contribution in [0.15, 0.2) is 67.0 Å². The van der Waals surface area contributed by atoms with Crippen molar-refractivity contribution < 1.29 is 9.53 Å². The van der Waals surface area contributed by atoms with E-state index >= 15 is 0 Å². The molecule has 0 N–H and O–H groups in total. The van der Waals surface area contributed by atoms with Crippen LogP contribution in [0.4, 0.5) is 0 Å². The minimum Gasteiger partial charge on any atom is -0.443 e. The zero-order chi connectivity index (χ0) is 21.5. The molecule has 2 aromatic carbocycles. The van der Waals surface area contributed by atoms with Gasteiger partial charge in [-0.05, 0) is 54.0 Å². The van der Waals surface area contributed by atoms with Gasteiger partial charge in [-0.25, -0.2) is 0 Å². The summed E-state index contributed by atoms with van der Waals surface area (Å²) >= 11 is 0. The van der Waals surface area contributed by atoms with E-state index in [-0.39, 0.29) is 24.5 Å². The molecule has 1 unspecified atom stereocenters. The molecule has 0 saturated heterocycles. The fourth-order valence-corrected chi connectivity index (χ4v) is 3.82. The van der Waals surface area contributed by atoms with Crippen LogP contribution in [-0.4, -0.2) is 10.5 Å². The van der Waals surface area contributed by atoms with Gasteiger partial charge < -0.3 is 9.30 Å². The van der Waals surface area contributed by atoms with Gasteiger partial charge in [-0.1, -0.05) is 81.3 Å².